The van der Waals surface area contributed by atoms with Gasteiger partial charge in [-0.3, -0.25) is 0 Å². The van der Waals surface area contributed by atoms with E-state index in [1.807, 2.05) is 42.5 Å². The number of carboxylic acids is 1. The molecule has 0 heterocycles. The minimum absolute atomic E-state index is 0.144. The van der Waals surface area contributed by atoms with Crippen molar-refractivity contribution in [1.82, 2.24) is 5.32 Å². The first-order chi connectivity index (χ1) is 14.0. The first-order valence-corrected chi connectivity index (χ1v) is 9.40. The number of rotatable bonds is 8. The summed E-state index contributed by atoms with van der Waals surface area (Å²) in [4.78, 5) is 11.3. The van der Waals surface area contributed by atoms with Gasteiger partial charge in [0.1, 0.15) is 11.5 Å². The number of aromatic carboxylic acids is 1. The molecule has 0 aliphatic rings. The summed E-state index contributed by atoms with van der Waals surface area (Å²) >= 11 is 0. The summed E-state index contributed by atoms with van der Waals surface area (Å²) in [6.45, 7) is 2.77. The fourth-order valence-electron chi connectivity index (χ4n) is 3.21. The Labute approximate surface area is 170 Å². The van der Waals surface area contributed by atoms with Crippen molar-refractivity contribution in [3.63, 3.8) is 0 Å². The van der Waals surface area contributed by atoms with Crippen molar-refractivity contribution in [2.45, 2.75) is 19.5 Å². The molecule has 5 heteroatoms. The molecule has 0 saturated heterocycles. The van der Waals surface area contributed by atoms with Gasteiger partial charge in [-0.25, -0.2) is 4.79 Å². The summed E-state index contributed by atoms with van der Waals surface area (Å²) in [6, 6.07) is 21.0. The second-order valence-electron chi connectivity index (χ2n) is 6.80. The Morgan fingerprint density at radius 2 is 1.79 bits per heavy atom. The Hall–Kier alpha value is -3.31. The Morgan fingerprint density at radius 3 is 2.52 bits per heavy atom. The zero-order chi connectivity index (χ0) is 20.8. The lowest BCUT2D eigenvalue weighted by Crippen LogP contribution is -2.18. The third-order valence-electron chi connectivity index (χ3n) is 4.89. The topological polar surface area (TPSA) is 67.8 Å². The van der Waals surface area contributed by atoms with E-state index >= 15 is 0 Å². The fraction of sp³-hybridized carbons (Fsp3) is 0.208. The highest BCUT2D eigenvalue weighted by molar-refractivity contribution is 5.89. The molecule has 1 atom stereocenters. The third kappa shape index (κ3) is 4.95. The highest BCUT2D eigenvalue weighted by Crippen LogP contribution is 2.32. The van der Waals surface area contributed by atoms with E-state index in [2.05, 4.69) is 18.3 Å². The first kappa shape index (κ1) is 20.4. The van der Waals surface area contributed by atoms with Gasteiger partial charge in [0.15, 0.2) is 0 Å². The van der Waals surface area contributed by atoms with Gasteiger partial charge < -0.3 is 19.9 Å². The SMILES string of the molecule is COc1cccc([C@@H](C)NCc2ccc(OC)c(-c3cccc(C(=O)O)c3)c2)c1. The summed E-state index contributed by atoms with van der Waals surface area (Å²) in [5.41, 5.74) is 4.15. The number of ether oxygens (including phenoxy) is 2. The van der Waals surface area contributed by atoms with E-state index in [9.17, 15) is 9.90 Å². The summed E-state index contributed by atoms with van der Waals surface area (Å²) < 4.78 is 10.8. The molecule has 0 aliphatic heterocycles. The maximum atomic E-state index is 11.3. The first-order valence-electron chi connectivity index (χ1n) is 9.40. The van der Waals surface area contributed by atoms with Gasteiger partial charge in [0.05, 0.1) is 19.8 Å². The van der Waals surface area contributed by atoms with Crippen LogP contribution in [0.4, 0.5) is 0 Å². The monoisotopic (exact) mass is 391 g/mol. The molecule has 0 amide bonds. The van der Waals surface area contributed by atoms with Gasteiger partial charge in [0.2, 0.25) is 0 Å². The quantitative estimate of drug-likeness (QED) is 0.570. The molecule has 2 N–H and O–H groups in total. The van der Waals surface area contributed by atoms with Crippen LogP contribution in [0.25, 0.3) is 11.1 Å². The number of carbonyl (C=O) groups is 1. The van der Waals surface area contributed by atoms with Crippen molar-refractivity contribution >= 4 is 5.97 Å². The van der Waals surface area contributed by atoms with Crippen LogP contribution in [0.2, 0.25) is 0 Å². The van der Waals surface area contributed by atoms with Gasteiger partial charge in [0, 0.05) is 18.2 Å². The molecule has 0 spiro atoms. The van der Waals surface area contributed by atoms with E-state index in [0.717, 1.165) is 28.0 Å². The highest BCUT2D eigenvalue weighted by atomic mass is 16.5. The van der Waals surface area contributed by atoms with Crippen LogP contribution in [0.3, 0.4) is 0 Å². The van der Waals surface area contributed by atoms with Crippen molar-refractivity contribution in [2.24, 2.45) is 0 Å². The molecule has 0 aliphatic carbocycles. The van der Waals surface area contributed by atoms with E-state index in [-0.39, 0.29) is 11.6 Å². The van der Waals surface area contributed by atoms with E-state index in [1.165, 1.54) is 0 Å². The number of nitrogens with one attached hydrogen (secondary N) is 1. The van der Waals surface area contributed by atoms with Gasteiger partial charge in [-0.05, 0) is 60.0 Å². The standard InChI is InChI=1S/C24H25NO4/c1-16(18-6-5-9-21(14-18)28-2)25-15-17-10-11-23(29-3)22(12-17)19-7-4-8-20(13-19)24(26)27/h4-14,16,25H,15H2,1-3H3,(H,26,27)/t16-/m1/s1. The van der Waals surface area contributed by atoms with Crippen LogP contribution >= 0.6 is 0 Å². The second kappa shape index (κ2) is 9.26. The lowest BCUT2D eigenvalue weighted by atomic mass is 9.99. The van der Waals surface area contributed by atoms with Gasteiger partial charge in [0.25, 0.3) is 0 Å². The minimum Gasteiger partial charge on any atom is -0.497 e. The van der Waals surface area contributed by atoms with Crippen LogP contribution in [0.15, 0.2) is 66.7 Å². The molecular formula is C24H25NO4. The maximum Gasteiger partial charge on any atom is 0.335 e. The van der Waals surface area contributed by atoms with E-state index in [0.29, 0.717) is 12.3 Å². The third-order valence-corrected chi connectivity index (χ3v) is 4.89. The molecule has 29 heavy (non-hydrogen) atoms. The number of hydrogen-bond donors (Lipinski definition) is 2. The number of hydrogen-bond acceptors (Lipinski definition) is 4. The molecule has 5 nitrogen and oxygen atoms in total. The van der Waals surface area contributed by atoms with Crippen molar-refractivity contribution in [3.05, 3.63) is 83.4 Å². The Bertz CT molecular complexity index is 1000. The van der Waals surface area contributed by atoms with Crippen LogP contribution in [-0.4, -0.2) is 25.3 Å². The summed E-state index contributed by atoms with van der Waals surface area (Å²) in [6.07, 6.45) is 0. The molecule has 0 bridgehead atoms. The molecule has 3 aromatic rings. The highest BCUT2D eigenvalue weighted by Gasteiger charge is 2.11. The predicted octanol–water partition coefficient (Wildman–Crippen LogP) is 4.92. The lowest BCUT2D eigenvalue weighted by Gasteiger charge is -2.17. The normalized spacial score (nSPS) is 11.7. The van der Waals surface area contributed by atoms with Crippen molar-refractivity contribution in [3.8, 4) is 22.6 Å². The predicted molar refractivity (Wildman–Crippen MR) is 114 cm³/mol. The Balaban J connectivity index is 1.81. The van der Waals surface area contributed by atoms with Gasteiger partial charge in [-0.15, -0.1) is 0 Å². The van der Waals surface area contributed by atoms with Gasteiger partial charge in [-0.2, -0.15) is 0 Å². The van der Waals surface area contributed by atoms with Crippen LogP contribution in [0, 0.1) is 0 Å². The summed E-state index contributed by atoms with van der Waals surface area (Å²) in [5, 5.41) is 12.8. The molecule has 150 valence electrons. The van der Waals surface area contributed by atoms with E-state index < -0.39 is 5.97 Å². The second-order valence-corrected chi connectivity index (χ2v) is 6.80. The molecule has 0 unspecified atom stereocenters. The summed E-state index contributed by atoms with van der Waals surface area (Å²) in [7, 11) is 3.28. The Morgan fingerprint density at radius 1 is 1.00 bits per heavy atom. The van der Waals surface area contributed by atoms with Crippen molar-refractivity contribution < 1.29 is 19.4 Å². The zero-order valence-electron chi connectivity index (χ0n) is 16.8. The molecule has 3 aromatic carbocycles. The Kier molecular flexibility index (Phi) is 6.52. The smallest absolute Gasteiger partial charge is 0.335 e. The average Bonchev–Trinajstić information content (AvgIpc) is 2.77. The van der Waals surface area contributed by atoms with Crippen molar-refractivity contribution in [1.29, 1.82) is 0 Å². The molecule has 0 aromatic heterocycles. The van der Waals surface area contributed by atoms with E-state index in [1.54, 1.807) is 32.4 Å². The van der Waals surface area contributed by atoms with Gasteiger partial charge in [-0.1, -0.05) is 30.3 Å². The minimum atomic E-state index is -0.948. The number of methoxy groups -OCH3 is 2. The van der Waals surface area contributed by atoms with Crippen LogP contribution in [0.1, 0.15) is 34.5 Å². The average molecular weight is 391 g/mol. The van der Waals surface area contributed by atoms with E-state index in [4.69, 9.17) is 9.47 Å². The molecule has 0 fully saturated rings. The fourth-order valence-corrected chi connectivity index (χ4v) is 3.21. The number of benzene rings is 3. The molecule has 0 saturated carbocycles. The molecule has 3 rings (SSSR count). The van der Waals surface area contributed by atoms with Gasteiger partial charge >= 0.3 is 5.97 Å². The van der Waals surface area contributed by atoms with Crippen molar-refractivity contribution in [2.75, 3.05) is 14.2 Å². The zero-order valence-corrected chi connectivity index (χ0v) is 16.8. The lowest BCUT2D eigenvalue weighted by molar-refractivity contribution is 0.0697. The van der Waals surface area contributed by atoms with Crippen LogP contribution in [-0.2, 0) is 6.54 Å². The maximum absolute atomic E-state index is 11.3. The molecular weight excluding hydrogens is 366 g/mol. The molecule has 0 radical (unpaired) electrons. The largest absolute Gasteiger partial charge is 0.497 e. The number of carboxylic acid groups (broad SMARTS) is 1. The summed E-state index contributed by atoms with van der Waals surface area (Å²) in [5.74, 6) is 0.592. The van der Waals surface area contributed by atoms with Crippen LogP contribution < -0.4 is 14.8 Å². The van der Waals surface area contributed by atoms with Crippen LogP contribution in [0.5, 0.6) is 11.5 Å².